The summed E-state index contributed by atoms with van der Waals surface area (Å²) in [5.41, 5.74) is 0. The van der Waals surface area contributed by atoms with Crippen LogP contribution < -0.4 is 5.32 Å². The number of nitrogens with one attached hydrogen (secondary N) is 1. The SMILES string of the molecule is CCC/C=C/C(O)C(CO)NC(=O)CCCCCCCCCCC/C=C\CCCCCCCCCC. The van der Waals surface area contributed by atoms with Crippen molar-refractivity contribution in [1.82, 2.24) is 5.32 Å². The van der Waals surface area contributed by atoms with Crippen molar-refractivity contribution in [1.29, 1.82) is 0 Å². The predicted molar refractivity (Wildman–Crippen MR) is 156 cm³/mol. The van der Waals surface area contributed by atoms with E-state index in [0.717, 1.165) is 25.7 Å². The van der Waals surface area contributed by atoms with Crippen LogP contribution in [0.2, 0.25) is 0 Å². The van der Waals surface area contributed by atoms with Gasteiger partial charge in [0.15, 0.2) is 0 Å². The first kappa shape index (κ1) is 34.9. The van der Waals surface area contributed by atoms with Crippen molar-refractivity contribution >= 4 is 5.91 Å². The van der Waals surface area contributed by atoms with Crippen LogP contribution in [0.4, 0.5) is 0 Å². The number of hydrogen-bond acceptors (Lipinski definition) is 3. The second-order valence-electron chi connectivity index (χ2n) is 10.5. The van der Waals surface area contributed by atoms with E-state index >= 15 is 0 Å². The fourth-order valence-corrected chi connectivity index (χ4v) is 4.47. The minimum atomic E-state index is -0.832. The summed E-state index contributed by atoms with van der Waals surface area (Å²) in [6.07, 6.45) is 34.6. The fraction of sp³-hybridized carbons (Fsp3) is 0.844. The Morgan fingerprint density at radius 3 is 1.58 bits per heavy atom. The third kappa shape index (κ3) is 24.6. The highest BCUT2D eigenvalue weighted by Crippen LogP contribution is 2.13. The van der Waals surface area contributed by atoms with Gasteiger partial charge in [0.1, 0.15) is 0 Å². The van der Waals surface area contributed by atoms with Crippen LogP contribution >= 0.6 is 0 Å². The van der Waals surface area contributed by atoms with Crippen molar-refractivity contribution in [3.63, 3.8) is 0 Å². The summed E-state index contributed by atoms with van der Waals surface area (Å²) in [5.74, 6) is -0.0798. The van der Waals surface area contributed by atoms with E-state index in [4.69, 9.17) is 0 Å². The largest absolute Gasteiger partial charge is 0.394 e. The fourth-order valence-electron chi connectivity index (χ4n) is 4.47. The standard InChI is InChI=1S/C32H61NO3/c1-3-5-7-8-9-10-11-12-13-14-15-16-17-18-19-20-21-22-23-24-26-28-32(36)33-30(29-34)31(35)27-25-6-4-2/h14-15,25,27,30-31,34-35H,3-13,16-24,26,28-29H2,1-2H3,(H,33,36)/b15-14-,27-25+. The molecule has 0 spiro atoms. The molecule has 0 aromatic rings. The molecule has 0 rings (SSSR count). The van der Waals surface area contributed by atoms with Gasteiger partial charge in [-0.15, -0.1) is 0 Å². The molecule has 212 valence electrons. The lowest BCUT2D eigenvalue weighted by Gasteiger charge is -2.19. The summed E-state index contributed by atoms with van der Waals surface area (Å²) in [4.78, 5) is 12.1. The van der Waals surface area contributed by atoms with Crippen LogP contribution in [0.25, 0.3) is 0 Å². The van der Waals surface area contributed by atoms with Crippen molar-refractivity contribution < 1.29 is 15.0 Å². The average Bonchev–Trinajstić information content (AvgIpc) is 2.88. The molecule has 0 bridgehead atoms. The quantitative estimate of drug-likeness (QED) is 0.0770. The van der Waals surface area contributed by atoms with Crippen LogP contribution in [0, 0.1) is 0 Å². The minimum absolute atomic E-state index is 0.0798. The van der Waals surface area contributed by atoms with E-state index in [2.05, 4.69) is 31.3 Å². The third-order valence-corrected chi connectivity index (χ3v) is 6.91. The maximum atomic E-state index is 12.1. The molecule has 2 atom stereocenters. The Morgan fingerprint density at radius 1 is 0.639 bits per heavy atom. The first-order valence-electron chi connectivity index (χ1n) is 15.6. The molecule has 0 saturated heterocycles. The summed E-state index contributed by atoms with van der Waals surface area (Å²) in [5, 5.41) is 22.3. The second kappa shape index (κ2) is 28.4. The number of carbonyl (C=O) groups is 1. The Kier molecular flexibility index (Phi) is 27.5. The molecule has 2 unspecified atom stereocenters. The lowest BCUT2D eigenvalue weighted by molar-refractivity contribution is -0.123. The monoisotopic (exact) mass is 507 g/mol. The number of hydrogen-bond donors (Lipinski definition) is 3. The molecule has 4 heteroatoms. The Balaban J connectivity index is 3.43. The van der Waals surface area contributed by atoms with Gasteiger partial charge in [-0.2, -0.15) is 0 Å². The van der Waals surface area contributed by atoms with Crippen molar-refractivity contribution in [2.24, 2.45) is 0 Å². The number of allylic oxidation sites excluding steroid dienone is 3. The summed E-state index contributed by atoms with van der Waals surface area (Å²) in [6, 6.07) is -0.615. The Hall–Kier alpha value is -1.13. The van der Waals surface area contributed by atoms with Gasteiger partial charge in [0.25, 0.3) is 0 Å². The average molecular weight is 508 g/mol. The van der Waals surface area contributed by atoms with Gasteiger partial charge >= 0.3 is 0 Å². The van der Waals surface area contributed by atoms with Gasteiger partial charge in [0.05, 0.1) is 18.8 Å². The summed E-state index contributed by atoms with van der Waals surface area (Å²) >= 11 is 0. The van der Waals surface area contributed by atoms with Gasteiger partial charge in [0, 0.05) is 6.42 Å². The molecule has 0 fully saturated rings. The van der Waals surface area contributed by atoms with E-state index in [1.807, 2.05) is 6.08 Å². The highest BCUT2D eigenvalue weighted by Gasteiger charge is 2.17. The van der Waals surface area contributed by atoms with Gasteiger partial charge in [-0.3, -0.25) is 4.79 Å². The first-order valence-corrected chi connectivity index (χ1v) is 15.6. The van der Waals surface area contributed by atoms with Crippen molar-refractivity contribution in [2.45, 2.75) is 167 Å². The molecule has 1 amide bonds. The Bertz CT molecular complexity index is 518. The minimum Gasteiger partial charge on any atom is -0.394 e. The molecule has 36 heavy (non-hydrogen) atoms. The number of unbranched alkanes of at least 4 members (excludes halogenated alkanes) is 18. The van der Waals surface area contributed by atoms with Crippen LogP contribution in [-0.4, -0.2) is 34.9 Å². The van der Waals surface area contributed by atoms with Gasteiger partial charge < -0.3 is 15.5 Å². The number of aliphatic hydroxyl groups excluding tert-OH is 2. The van der Waals surface area contributed by atoms with Gasteiger partial charge in [0.2, 0.25) is 5.91 Å². The van der Waals surface area contributed by atoms with E-state index in [0.29, 0.717) is 6.42 Å². The van der Waals surface area contributed by atoms with Crippen LogP contribution in [0.5, 0.6) is 0 Å². The zero-order valence-corrected chi connectivity index (χ0v) is 24.0. The van der Waals surface area contributed by atoms with Crippen molar-refractivity contribution in [2.75, 3.05) is 6.61 Å². The third-order valence-electron chi connectivity index (χ3n) is 6.91. The molecule has 0 aliphatic heterocycles. The Labute approximate surface area is 224 Å². The molecular weight excluding hydrogens is 446 g/mol. The number of rotatable bonds is 27. The Morgan fingerprint density at radius 2 is 1.11 bits per heavy atom. The van der Waals surface area contributed by atoms with Crippen LogP contribution in [0.3, 0.4) is 0 Å². The smallest absolute Gasteiger partial charge is 0.220 e. The van der Waals surface area contributed by atoms with E-state index < -0.39 is 12.1 Å². The molecule has 4 nitrogen and oxygen atoms in total. The lowest BCUT2D eigenvalue weighted by Crippen LogP contribution is -2.45. The summed E-state index contributed by atoms with van der Waals surface area (Å²) < 4.78 is 0. The van der Waals surface area contributed by atoms with Gasteiger partial charge in [-0.05, 0) is 38.5 Å². The van der Waals surface area contributed by atoms with E-state index in [1.54, 1.807) is 6.08 Å². The van der Waals surface area contributed by atoms with Crippen LogP contribution in [0.1, 0.15) is 155 Å². The highest BCUT2D eigenvalue weighted by atomic mass is 16.3. The van der Waals surface area contributed by atoms with Crippen LogP contribution in [0.15, 0.2) is 24.3 Å². The maximum Gasteiger partial charge on any atom is 0.220 e. The zero-order chi connectivity index (χ0) is 26.5. The number of carbonyl (C=O) groups excluding carboxylic acids is 1. The zero-order valence-electron chi connectivity index (χ0n) is 24.0. The maximum absolute atomic E-state index is 12.1. The molecule has 0 saturated carbocycles. The van der Waals surface area contributed by atoms with Crippen LogP contribution in [-0.2, 0) is 4.79 Å². The normalized spacial score (nSPS) is 13.6. The molecular formula is C32H61NO3. The second-order valence-corrected chi connectivity index (χ2v) is 10.5. The molecule has 0 aromatic heterocycles. The van der Waals surface area contributed by atoms with E-state index in [1.165, 1.54) is 109 Å². The highest BCUT2D eigenvalue weighted by molar-refractivity contribution is 5.76. The molecule has 0 heterocycles. The molecule has 3 N–H and O–H groups in total. The number of aliphatic hydroxyl groups is 2. The van der Waals surface area contributed by atoms with E-state index in [9.17, 15) is 15.0 Å². The van der Waals surface area contributed by atoms with Crippen molar-refractivity contribution in [3.8, 4) is 0 Å². The van der Waals surface area contributed by atoms with Gasteiger partial charge in [-0.25, -0.2) is 0 Å². The summed E-state index contributed by atoms with van der Waals surface area (Å²) in [7, 11) is 0. The first-order chi connectivity index (χ1) is 17.7. The summed E-state index contributed by atoms with van der Waals surface area (Å²) in [6.45, 7) is 4.10. The van der Waals surface area contributed by atoms with Crippen molar-refractivity contribution in [3.05, 3.63) is 24.3 Å². The van der Waals surface area contributed by atoms with Gasteiger partial charge in [-0.1, -0.05) is 134 Å². The molecule has 0 aromatic carbocycles. The number of amides is 1. The molecule has 0 radical (unpaired) electrons. The van der Waals surface area contributed by atoms with E-state index in [-0.39, 0.29) is 12.5 Å². The molecule has 0 aliphatic carbocycles. The topological polar surface area (TPSA) is 69.6 Å². The molecule has 0 aliphatic rings. The predicted octanol–water partition coefficient (Wildman–Crippen LogP) is 8.56. The lowest BCUT2D eigenvalue weighted by atomic mass is 10.0.